The van der Waals surface area contributed by atoms with Crippen LogP contribution in [0.2, 0.25) is 0 Å². The number of nitrogens with two attached hydrogens (primary N) is 1. The zero-order valence-corrected chi connectivity index (χ0v) is 3.96. The fourth-order valence-electron chi connectivity index (χ4n) is 0. The zero-order valence-electron chi connectivity index (χ0n) is 3.14. The van der Waals surface area contributed by atoms with Crippen molar-refractivity contribution in [2.24, 2.45) is 5.73 Å². The Morgan fingerprint density at radius 1 is 1.83 bits per heavy atom. The lowest BCUT2D eigenvalue weighted by Gasteiger charge is -1.65. The molecule has 0 heterocycles. The van der Waals surface area contributed by atoms with E-state index < -0.39 is 0 Å². The van der Waals surface area contributed by atoms with Gasteiger partial charge in [-0.1, -0.05) is 6.58 Å². The molecule has 0 saturated carbocycles. The summed E-state index contributed by atoms with van der Waals surface area (Å²) in [6.45, 7) is 3.09. The Kier molecular flexibility index (Phi) is 6.49. The minimum atomic E-state index is 0. The van der Waals surface area contributed by atoms with E-state index in [1.807, 2.05) is 0 Å². The lowest BCUT2D eigenvalue weighted by molar-refractivity contribution is 1.41. The van der Waals surface area contributed by atoms with Crippen LogP contribution in [0.25, 0.3) is 0 Å². The molecule has 0 unspecified atom stereocenters. The number of halogens is 1. The fraction of sp³-hybridized carbons (Fsp3) is 0. The van der Waals surface area contributed by atoms with Gasteiger partial charge in [0.05, 0.1) is 0 Å². The summed E-state index contributed by atoms with van der Waals surface area (Å²) in [5, 5.41) is 7.67. The number of nitrogens with zero attached hydrogens (tertiary/aromatic N) is 1. The van der Waals surface area contributed by atoms with E-state index in [-0.39, 0.29) is 18.1 Å². The molecule has 2 N–H and O–H groups in total. The zero-order chi connectivity index (χ0) is 4.28. The average Bonchev–Trinajstić information content (AvgIpc) is 1.38. The van der Waals surface area contributed by atoms with Crippen molar-refractivity contribution in [3.8, 4) is 6.07 Å². The lowest BCUT2D eigenvalue weighted by Crippen LogP contribution is -1.86. The van der Waals surface area contributed by atoms with Gasteiger partial charge in [-0.15, -0.1) is 12.4 Å². The molecule has 2 nitrogen and oxygen atoms in total. The molecule has 0 aliphatic heterocycles. The van der Waals surface area contributed by atoms with Gasteiger partial charge < -0.3 is 5.73 Å². The molecule has 0 saturated heterocycles. The first kappa shape index (κ1) is 9.01. The highest BCUT2D eigenvalue weighted by Crippen LogP contribution is 1.60. The van der Waals surface area contributed by atoms with Crippen molar-refractivity contribution in [3.63, 3.8) is 0 Å². The van der Waals surface area contributed by atoms with Gasteiger partial charge in [0.25, 0.3) is 0 Å². The predicted octanol–water partition coefficient (Wildman–Crippen LogP) is 0.404. The molecule has 0 radical (unpaired) electrons. The molecular weight excluding hydrogens is 99.5 g/mol. The van der Waals surface area contributed by atoms with E-state index in [1.54, 1.807) is 6.07 Å². The van der Waals surface area contributed by atoms with E-state index in [1.165, 1.54) is 0 Å². The molecule has 0 amide bonds. The number of rotatable bonds is 0. The maximum Gasteiger partial charge on any atom is 0.116 e. The van der Waals surface area contributed by atoms with E-state index in [0.29, 0.717) is 0 Å². The summed E-state index contributed by atoms with van der Waals surface area (Å²) in [7, 11) is 0. The molecule has 0 aliphatic carbocycles. The van der Waals surface area contributed by atoms with Crippen molar-refractivity contribution in [2.45, 2.75) is 0 Å². The van der Waals surface area contributed by atoms with Gasteiger partial charge >= 0.3 is 0 Å². The molecule has 6 heavy (non-hydrogen) atoms. The fourth-order valence-corrected chi connectivity index (χ4v) is 0. The van der Waals surface area contributed by atoms with Gasteiger partial charge in [0, 0.05) is 0 Å². The van der Waals surface area contributed by atoms with E-state index in [2.05, 4.69) is 6.58 Å². The Hall–Kier alpha value is -0.680. The van der Waals surface area contributed by atoms with E-state index >= 15 is 0 Å². The van der Waals surface area contributed by atoms with Crippen LogP contribution in [0, 0.1) is 11.3 Å². The second-order valence-corrected chi connectivity index (χ2v) is 0.637. The van der Waals surface area contributed by atoms with Crippen LogP contribution in [-0.4, -0.2) is 0 Å². The molecular formula is C3H5ClN2. The van der Waals surface area contributed by atoms with Crippen LogP contribution in [0.5, 0.6) is 0 Å². The largest absolute Gasteiger partial charge is 0.391 e. The molecule has 0 aliphatic rings. The summed E-state index contributed by atoms with van der Waals surface area (Å²) in [6.07, 6.45) is 0. The summed E-state index contributed by atoms with van der Waals surface area (Å²) in [6, 6.07) is 1.61. The Morgan fingerprint density at radius 2 is 2.00 bits per heavy atom. The van der Waals surface area contributed by atoms with Crippen LogP contribution in [0.4, 0.5) is 0 Å². The minimum Gasteiger partial charge on any atom is -0.391 e. The number of nitriles is 1. The Morgan fingerprint density at radius 3 is 2.00 bits per heavy atom. The standard InChI is InChI=1S/C3H4N2.ClH/c1-3(5)2-4;/h1,5H2;1H. The van der Waals surface area contributed by atoms with Crippen molar-refractivity contribution < 1.29 is 0 Å². The molecule has 0 fully saturated rings. The SMILES string of the molecule is C=C(N)C#N.Cl. The van der Waals surface area contributed by atoms with Gasteiger partial charge in [0.1, 0.15) is 11.8 Å². The van der Waals surface area contributed by atoms with Crippen molar-refractivity contribution in [1.82, 2.24) is 0 Å². The van der Waals surface area contributed by atoms with Gasteiger partial charge in [-0.3, -0.25) is 0 Å². The third kappa shape index (κ3) is 10.3. The van der Waals surface area contributed by atoms with Crippen molar-refractivity contribution in [1.29, 1.82) is 5.26 Å². The summed E-state index contributed by atoms with van der Waals surface area (Å²) in [5.41, 5.74) is 4.80. The van der Waals surface area contributed by atoms with Crippen LogP contribution in [-0.2, 0) is 0 Å². The lowest BCUT2D eigenvalue weighted by atomic mass is 10.6. The Labute approximate surface area is 42.7 Å². The van der Waals surface area contributed by atoms with Crippen molar-refractivity contribution in [3.05, 3.63) is 12.3 Å². The molecule has 0 aromatic rings. The number of hydrogen-bond donors (Lipinski definition) is 1. The summed E-state index contributed by atoms with van der Waals surface area (Å²) < 4.78 is 0. The highest BCUT2D eigenvalue weighted by Gasteiger charge is 1.64. The van der Waals surface area contributed by atoms with Crippen molar-refractivity contribution in [2.75, 3.05) is 0 Å². The predicted molar refractivity (Wildman–Crippen MR) is 26.2 cm³/mol. The first-order chi connectivity index (χ1) is 2.27. The Bertz CT molecular complexity index is 81.3. The maximum absolute atomic E-state index is 7.67. The van der Waals surface area contributed by atoms with Gasteiger partial charge in [-0.25, -0.2) is 0 Å². The smallest absolute Gasteiger partial charge is 0.116 e. The summed E-state index contributed by atoms with van der Waals surface area (Å²) >= 11 is 0. The van der Waals surface area contributed by atoms with E-state index in [0.717, 1.165) is 0 Å². The van der Waals surface area contributed by atoms with Gasteiger partial charge in [-0.05, 0) is 0 Å². The quantitative estimate of drug-likeness (QED) is 0.453. The monoisotopic (exact) mass is 104 g/mol. The van der Waals surface area contributed by atoms with E-state index in [4.69, 9.17) is 11.0 Å². The molecule has 3 heteroatoms. The van der Waals surface area contributed by atoms with E-state index in [9.17, 15) is 0 Å². The first-order valence-corrected chi connectivity index (χ1v) is 1.12. The van der Waals surface area contributed by atoms with Gasteiger partial charge in [0.15, 0.2) is 0 Å². The Balaban J connectivity index is 0. The van der Waals surface area contributed by atoms with Crippen LogP contribution in [0.1, 0.15) is 0 Å². The maximum atomic E-state index is 7.67. The van der Waals surface area contributed by atoms with Crippen molar-refractivity contribution >= 4 is 12.4 Å². The molecule has 0 bridgehead atoms. The molecule has 34 valence electrons. The topological polar surface area (TPSA) is 49.8 Å². The third-order valence-corrected chi connectivity index (χ3v) is 0.144. The molecule has 0 atom stereocenters. The second kappa shape index (κ2) is 4.32. The van der Waals surface area contributed by atoms with Crippen LogP contribution in [0.15, 0.2) is 12.3 Å². The molecule has 0 spiro atoms. The number of hydrogen-bond acceptors (Lipinski definition) is 2. The van der Waals surface area contributed by atoms with Crippen LogP contribution >= 0.6 is 12.4 Å². The minimum absolute atomic E-state index is 0. The highest BCUT2D eigenvalue weighted by atomic mass is 35.5. The van der Waals surface area contributed by atoms with Crippen LogP contribution < -0.4 is 5.73 Å². The molecule has 0 aromatic heterocycles. The normalized spacial score (nSPS) is 4.50. The first-order valence-electron chi connectivity index (χ1n) is 1.12. The third-order valence-electron chi connectivity index (χ3n) is 0.144. The second-order valence-electron chi connectivity index (χ2n) is 0.637. The number of allylic oxidation sites excluding steroid dienone is 1. The van der Waals surface area contributed by atoms with Gasteiger partial charge in [-0.2, -0.15) is 5.26 Å². The average molecular weight is 105 g/mol. The molecule has 0 rings (SSSR count). The summed E-state index contributed by atoms with van der Waals surface area (Å²) in [5.74, 6) is 0. The summed E-state index contributed by atoms with van der Waals surface area (Å²) in [4.78, 5) is 0. The van der Waals surface area contributed by atoms with Gasteiger partial charge in [0.2, 0.25) is 0 Å². The molecule has 0 aromatic carbocycles. The van der Waals surface area contributed by atoms with Crippen LogP contribution in [0.3, 0.4) is 0 Å². The highest BCUT2D eigenvalue weighted by molar-refractivity contribution is 5.85.